The first-order chi connectivity index (χ1) is 7.65. The average molecular weight is 238 g/mol. The number of hydrogen-bond donors (Lipinski definition) is 1. The Hall–Kier alpha value is -1.00. The molecule has 0 fully saturated rings. The molecule has 2 N–H and O–H groups in total. The highest BCUT2D eigenvalue weighted by Gasteiger charge is 2.11. The summed E-state index contributed by atoms with van der Waals surface area (Å²) < 4.78 is 0. The molecule has 0 spiro atoms. The van der Waals surface area contributed by atoms with Gasteiger partial charge in [-0.1, -0.05) is 25.1 Å². The highest BCUT2D eigenvalue weighted by molar-refractivity contribution is 8.00. The number of thioether (sulfide) groups is 1. The lowest BCUT2D eigenvalue weighted by atomic mass is 10.3. The van der Waals surface area contributed by atoms with E-state index in [1.54, 1.807) is 23.7 Å². The van der Waals surface area contributed by atoms with Crippen molar-refractivity contribution in [3.05, 3.63) is 30.3 Å². The smallest absolute Gasteiger partial charge is 0.236 e. The predicted molar refractivity (Wildman–Crippen MR) is 70.8 cm³/mol. The van der Waals surface area contributed by atoms with Crippen LogP contribution in [0.1, 0.15) is 6.92 Å². The molecule has 88 valence electrons. The third kappa shape index (κ3) is 3.87. The van der Waals surface area contributed by atoms with Gasteiger partial charge in [0.05, 0.1) is 5.75 Å². The second-order valence-corrected chi connectivity index (χ2v) is 5.07. The van der Waals surface area contributed by atoms with Crippen molar-refractivity contribution in [2.24, 2.45) is 5.73 Å². The third-order valence-electron chi connectivity index (χ3n) is 2.34. The summed E-state index contributed by atoms with van der Waals surface area (Å²) in [5.41, 5.74) is 6.42. The maximum absolute atomic E-state index is 11.8. The molecule has 3 nitrogen and oxygen atoms in total. The van der Waals surface area contributed by atoms with Crippen molar-refractivity contribution in [3.63, 3.8) is 0 Å². The number of amides is 1. The molecule has 1 aromatic carbocycles. The first-order valence-electron chi connectivity index (χ1n) is 5.28. The lowest BCUT2D eigenvalue weighted by Crippen LogP contribution is -2.29. The molecular formula is C12H18N2OS. The van der Waals surface area contributed by atoms with Crippen molar-refractivity contribution < 1.29 is 4.79 Å². The molecule has 0 heterocycles. The Bertz CT molecular complexity index is 329. The highest BCUT2D eigenvalue weighted by atomic mass is 32.2. The van der Waals surface area contributed by atoms with Crippen LogP contribution in [0.15, 0.2) is 30.3 Å². The van der Waals surface area contributed by atoms with Crippen LogP contribution in [-0.2, 0) is 4.79 Å². The molecule has 0 bridgehead atoms. The number of para-hydroxylation sites is 1. The number of hydrogen-bond acceptors (Lipinski definition) is 3. The van der Waals surface area contributed by atoms with Crippen LogP contribution in [-0.4, -0.2) is 30.5 Å². The summed E-state index contributed by atoms with van der Waals surface area (Å²) in [6.45, 7) is 2.63. The first kappa shape index (κ1) is 13.1. The number of benzene rings is 1. The summed E-state index contributed by atoms with van der Waals surface area (Å²) in [7, 11) is 1.80. The fourth-order valence-corrected chi connectivity index (χ4v) is 1.93. The van der Waals surface area contributed by atoms with E-state index in [0.29, 0.717) is 17.5 Å². The minimum Gasteiger partial charge on any atom is -0.329 e. The van der Waals surface area contributed by atoms with Crippen molar-refractivity contribution >= 4 is 23.4 Å². The SMILES string of the molecule is CC(CN)SCC(=O)N(C)c1ccccc1. The van der Waals surface area contributed by atoms with E-state index in [4.69, 9.17) is 5.73 Å². The lowest BCUT2D eigenvalue weighted by Gasteiger charge is -2.18. The van der Waals surface area contributed by atoms with Crippen LogP contribution in [0.4, 0.5) is 5.69 Å². The summed E-state index contributed by atoms with van der Waals surface area (Å²) >= 11 is 1.59. The number of anilines is 1. The Kier molecular flexibility index (Phi) is 5.35. The normalized spacial score (nSPS) is 12.2. The maximum atomic E-state index is 11.8. The summed E-state index contributed by atoms with van der Waals surface area (Å²) in [5.74, 6) is 0.584. The zero-order valence-electron chi connectivity index (χ0n) is 9.72. The van der Waals surface area contributed by atoms with Gasteiger partial charge in [0.15, 0.2) is 0 Å². The zero-order chi connectivity index (χ0) is 12.0. The molecule has 0 saturated carbocycles. The van der Waals surface area contributed by atoms with Gasteiger partial charge in [-0.2, -0.15) is 0 Å². The Labute approximate surface area is 101 Å². The van der Waals surface area contributed by atoms with Crippen LogP contribution in [0.3, 0.4) is 0 Å². The second kappa shape index (κ2) is 6.55. The van der Waals surface area contributed by atoms with Gasteiger partial charge in [0.25, 0.3) is 0 Å². The minimum absolute atomic E-state index is 0.108. The number of carbonyl (C=O) groups excluding carboxylic acids is 1. The zero-order valence-corrected chi connectivity index (χ0v) is 10.5. The van der Waals surface area contributed by atoms with Crippen LogP contribution in [0.2, 0.25) is 0 Å². The highest BCUT2D eigenvalue weighted by Crippen LogP contribution is 2.14. The van der Waals surface area contributed by atoms with Gasteiger partial charge in [-0.3, -0.25) is 4.79 Å². The molecule has 1 rings (SSSR count). The first-order valence-corrected chi connectivity index (χ1v) is 6.33. The minimum atomic E-state index is 0.108. The van der Waals surface area contributed by atoms with Crippen molar-refractivity contribution in [2.75, 3.05) is 24.2 Å². The van der Waals surface area contributed by atoms with Crippen LogP contribution < -0.4 is 10.6 Å². The molecule has 1 aromatic rings. The Balaban J connectivity index is 2.49. The van der Waals surface area contributed by atoms with Crippen LogP contribution in [0.25, 0.3) is 0 Å². The standard InChI is InChI=1S/C12H18N2OS/c1-10(8-13)16-9-12(15)14(2)11-6-4-3-5-7-11/h3-7,10H,8-9,13H2,1-2H3. The van der Waals surface area contributed by atoms with E-state index in [-0.39, 0.29) is 5.91 Å². The second-order valence-electron chi connectivity index (χ2n) is 3.65. The number of rotatable bonds is 5. The molecule has 4 heteroatoms. The van der Waals surface area contributed by atoms with Gasteiger partial charge in [-0.15, -0.1) is 11.8 Å². The maximum Gasteiger partial charge on any atom is 0.236 e. The molecule has 0 saturated heterocycles. The van der Waals surface area contributed by atoms with Gasteiger partial charge in [0.1, 0.15) is 0 Å². The molecule has 1 amide bonds. The quantitative estimate of drug-likeness (QED) is 0.849. The molecule has 0 aromatic heterocycles. The molecule has 16 heavy (non-hydrogen) atoms. The predicted octanol–water partition coefficient (Wildman–Crippen LogP) is 1.73. The molecule has 0 aliphatic carbocycles. The molecule has 1 atom stereocenters. The molecule has 0 aliphatic heterocycles. The average Bonchev–Trinajstić information content (AvgIpc) is 2.35. The Morgan fingerprint density at radius 3 is 2.62 bits per heavy atom. The number of nitrogens with two attached hydrogens (primary N) is 1. The lowest BCUT2D eigenvalue weighted by molar-refractivity contribution is -0.115. The molecule has 1 unspecified atom stereocenters. The third-order valence-corrected chi connectivity index (χ3v) is 3.52. The summed E-state index contributed by atoms with van der Waals surface area (Å²) in [5, 5.41) is 0.327. The fraction of sp³-hybridized carbons (Fsp3) is 0.417. The van der Waals surface area contributed by atoms with Crippen LogP contribution >= 0.6 is 11.8 Å². The van der Waals surface area contributed by atoms with E-state index in [1.165, 1.54) is 0 Å². The molecular weight excluding hydrogens is 220 g/mol. The van der Waals surface area contributed by atoms with Crippen LogP contribution in [0.5, 0.6) is 0 Å². The van der Waals surface area contributed by atoms with Gasteiger partial charge >= 0.3 is 0 Å². The topological polar surface area (TPSA) is 46.3 Å². The summed E-state index contributed by atoms with van der Waals surface area (Å²) in [6, 6.07) is 9.64. The van der Waals surface area contributed by atoms with Crippen molar-refractivity contribution in [1.82, 2.24) is 0 Å². The van der Waals surface area contributed by atoms with Crippen molar-refractivity contribution in [2.45, 2.75) is 12.2 Å². The van der Waals surface area contributed by atoms with E-state index < -0.39 is 0 Å². The molecule has 0 radical (unpaired) electrons. The summed E-state index contributed by atoms with van der Waals surface area (Å²) in [6.07, 6.45) is 0. The summed E-state index contributed by atoms with van der Waals surface area (Å²) in [4.78, 5) is 13.5. The fourth-order valence-electron chi connectivity index (χ4n) is 1.17. The van der Waals surface area contributed by atoms with Crippen molar-refractivity contribution in [1.29, 1.82) is 0 Å². The number of nitrogens with zero attached hydrogens (tertiary/aromatic N) is 1. The van der Waals surface area contributed by atoms with Gasteiger partial charge in [0, 0.05) is 24.5 Å². The van der Waals surface area contributed by atoms with E-state index in [9.17, 15) is 4.79 Å². The van der Waals surface area contributed by atoms with Gasteiger partial charge < -0.3 is 10.6 Å². The Morgan fingerprint density at radius 1 is 1.44 bits per heavy atom. The van der Waals surface area contributed by atoms with Gasteiger partial charge in [0.2, 0.25) is 5.91 Å². The van der Waals surface area contributed by atoms with Crippen molar-refractivity contribution in [3.8, 4) is 0 Å². The largest absolute Gasteiger partial charge is 0.329 e. The van der Waals surface area contributed by atoms with Gasteiger partial charge in [-0.25, -0.2) is 0 Å². The van der Waals surface area contributed by atoms with Gasteiger partial charge in [-0.05, 0) is 12.1 Å². The number of carbonyl (C=O) groups is 1. The Morgan fingerprint density at radius 2 is 2.06 bits per heavy atom. The monoisotopic (exact) mass is 238 g/mol. The van der Waals surface area contributed by atoms with E-state index >= 15 is 0 Å². The van der Waals surface area contributed by atoms with Crippen LogP contribution in [0, 0.1) is 0 Å². The van der Waals surface area contributed by atoms with E-state index in [0.717, 1.165) is 5.69 Å². The van der Waals surface area contributed by atoms with E-state index in [2.05, 4.69) is 0 Å². The molecule has 0 aliphatic rings. The van der Waals surface area contributed by atoms with E-state index in [1.807, 2.05) is 37.3 Å².